The highest BCUT2D eigenvalue weighted by Crippen LogP contribution is 2.27. The van der Waals surface area contributed by atoms with Crippen molar-refractivity contribution < 1.29 is 14.3 Å². The Morgan fingerprint density at radius 3 is 2.60 bits per heavy atom. The van der Waals surface area contributed by atoms with Crippen molar-refractivity contribution in [3.05, 3.63) is 52.0 Å². The van der Waals surface area contributed by atoms with Gasteiger partial charge in [-0.25, -0.2) is 0 Å². The van der Waals surface area contributed by atoms with Gasteiger partial charge in [-0.2, -0.15) is 0 Å². The van der Waals surface area contributed by atoms with Gasteiger partial charge in [0.15, 0.2) is 6.61 Å². The van der Waals surface area contributed by atoms with Crippen molar-refractivity contribution in [3.63, 3.8) is 0 Å². The predicted molar refractivity (Wildman–Crippen MR) is 103 cm³/mol. The van der Waals surface area contributed by atoms with Crippen LogP contribution in [0.5, 0.6) is 5.75 Å². The van der Waals surface area contributed by atoms with Crippen LogP contribution in [0.3, 0.4) is 0 Å². The second-order valence-corrected chi connectivity index (χ2v) is 6.88. The van der Waals surface area contributed by atoms with Crippen molar-refractivity contribution in [2.24, 2.45) is 0 Å². The molecule has 1 aliphatic rings. The molecule has 3 rings (SSSR count). The number of nitrogens with zero attached hydrogens (tertiary/aromatic N) is 1. The Hall–Kier alpha value is -1.76. The van der Waals surface area contributed by atoms with Gasteiger partial charge in [0.25, 0.3) is 5.91 Å². The van der Waals surface area contributed by atoms with Gasteiger partial charge < -0.3 is 19.7 Å². The van der Waals surface area contributed by atoms with Crippen molar-refractivity contribution in [2.45, 2.75) is 0 Å². The zero-order valence-corrected chi connectivity index (χ0v) is 15.8. The molecule has 0 bridgehead atoms. The summed E-state index contributed by atoms with van der Waals surface area (Å²) in [6.07, 6.45) is 0. The standard InChI is InChI=1S/C18H18BrClN2O3/c19-13-1-6-17(16(20)11-13)25-12-18(23)21-14-2-4-15(5-3-14)22-7-9-24-10-8-22/h1-6,11H,7-10,12H2,(H,21,23). The van der Waals surface area contributed by atoms with Crippen LogP contribution >= 0.6 is 27.5 Å². The van der Waals surface area contributed by atoms with Gasteiger partial charge in [-0.15, -0.1) is 0 Å². The molecule has 1 heterocycles. The molecule has 132 valence electrons. The molecule has 1 N–H and O–H groups in total. The average molecular weight is 426 g/mol. The van der Waals surface area contributed by atoms with Gasteiger partial charge in [-0.3, -0.25) is 4.79 Å². The number of rotatable bonds is 5. The van der Waals surface area contributed by atoms with E-state index in [9.17, 15) is 4.79 Å². The van der Waals surface area contributed by atoms with Gasteiger partial charge in [0.1, 0.15) is 5.75 Å². The summed E-state index contributed by atoms with van der Waals surface area (Å²) in [6, 6.07) is 13.0. The van der Waals surface area contributed by atoms with Crippen LogP contribution in [-0.4, -0.2) is 38.8 Å². The van der Waals surface area contributed by atoms with E-state index in [1.165, 1.54) is 0 Å². The van der Waals surface area contributed by atoms with Gasteiger partial charge in [0.2, 0.25) is 0 Å². The lowest BCUT2D eigenvalue weighted by Gasteiger charge is -2.28. The van der Waals surface area contributed by atoms with Crippen LogP contribution in [0.25, 0.3) is 0 Å². The summed E-state index contributed by atoms with van der Waals surface area (Å²) in [7, 11) is 0. The Morgan fingerprint density at radius 2 is 1.92 bits per heavy atom. The lowest BCUT2D eigenvalue weighted by Crippen LogP contribution is -2.36. The van der Waals surface area contributed by atoms with Crippen LogP contribution in [0.2, 0.25) is 5.02 Å². The molecule has 0 aliphatic carbocycles. The molecule has 2 aromatic carbocycles. The second-order valence-electron chi connectivity index (χ2n) is 5.56. The quantitative estimate of drug-likeness (QED) is 0.788. The lowest BCUT2D eigenvalue weighted by atomic mass is 10.2. The maximum atomic E-state index is 12.0. The molecule has 1 saturated heterocycles. The Kier molecular flexibility index (Phi) is 6.18. The molecule has 0 unspecified atom stereocenters. The number of halogens is 2. The van der Waals surface area contributed by atoms with Crippen LogP contribution in [0.4, 0.5) is 11.4 Å². The third kappa shape index (κ3) is 5.11. The van der Waals surface area contributed by atoms with Crippen LogP contribution in [0.15, 0.2) is 46.9 Å². The Bertz CT molecular complexity index is 734. The van der Waals surface area contributed by atoms with Crippen molar-refractivity contribution in [1.82, 2.24) is 0 Å². The molecule has 1 aliphatic heterocycles. The Balaban J connectivity index is 1.52. The zero-order chi connectivity index (χ0) is 17.6. The summed E-state index contributed by atoms with van der Waals surface area (Å²) < 4.78 is 11.7. The molecule has 0 saturated carbocycles. The number of ether oxygens (including phenoxy) is 2. The van der Waals surface area contributed by atoms with Gasteiger partial charge >= 0.3 is 0 Å². The first-order chi connectivity index (χ1) is 12.1. The molecule has 7 heteroatoms. The normalized spacial score (nSPS) is 14.2. The van der Waals surface area contributed by atoms with Crippen LogP contribution < -0.4 is 15.0 Å². The first-order valence-electron chi connectivity index (χ1n) is 7.92. The fraction of sp³-hybridized carbons (Fsp3) is 0.278. The number of hydrogen-bond donors (Lipinski definition) is 1. The van der Waals surface area contributed by atoms with E-state index in [4.69, 9.17) is 21.1 Å². The SMILES string of the molecule is O=C(COc1ccc(Br)cc1Cl)Nc1ccc(N2CCOCC2)cc1. The third-order valence-corrected chi connectivity index (χ3v) is 4.57. The molecular formula is C18H18BrClN2O3. The van der Waals surface area contributed by atoms with Crippen LogP contribution in [0.1, 0.15) is 0 Å². The molecular weight excluding hydrogens is 408 g/mol. The first-order valence-corrected chi connectivity index (χ1v) is 9.09. The van der Waals surface area contributed by atoms with Crippen molar-refractivity contribution >= 4 is 44.8 Å². The third-order valence-electron chi connectivity index (χ3n) is 3.78. The van der Waals surface area contributed by atoms with Crippen molar-refractivity contribution in [1.29, 1.82) is 0 Å². The summed E-state index contributed by atoms with van der Waals surface area (Å²) in [5.41, 5.74) is 1.85. The molecule has 25 heavy (non-hydrogen) atoms. The van der Waals surface area contributed by atoms with E-state index in [1.54, 1.807) is 12.1 Å². The minimum absolute atomic E-state index is 0.105. The van der Waals surface area contributed by atoms with Crippen LogP contribution in [-0.2, 0) is 9.53 Å². The van der Waals surface area contributed by atoms with Crippen LogP contribution in [0, 0.1) is 0 Å². The molecule has 5 nitrogen and oxygen atoms in total. The van der Waals surface area contributed by atoms with Crippen molar-refractivity contribution in [2.75, 3.05) is 43.1 Å². The number of anilines is 2. The van der Waals surface area contributed by atoms with Gasteiger partial charge in [-0.1, -0.05) is 27.5 Å². The summed E-state index contributed by atoms with van der Waals surface area (Å²) in [4.78, 5) is 14.3. The monoisotopic (exact) mass is 424 g/mol. The molecule has 0 spiro atoms. The highest BCUT2D eigenvalue weighted by molar-refractivity contribution is 9.10. The molecule has 1 amide bonds. The highest BCUT2D eigenvalue weighted by atomic mass is 79.9. The number of hydrogen-bond acceptors (Lipinski definition) is 4. The maximum absolute atomic E-state index is 12.0. The molecule has 1 fully saturated rings. The fourth-order valence-electron chi connectivity index (χ4n) is 2.51. The number of carbonyl (C=O) groups is 1. The number of morpholine rings is 1. The number of nitrogens with one attached hydrogen (secondary N) is 1. The maximum Gasteiger partial charge on any atom is 0.262 e. The lowest BCUT2D eigenvalue weighted by molar-refractivity contribution is -0.118. The smallest absolute Gasteiger partial charge is 0.262 e. The van der Waals surface area contributed by atoms with Crippen molar-refractivity contribution in [3.8, 4) is 5.75 Å². The number of benzene rings is 2. The number of amides is 1. The van der Waals surface area contributed by atoms with E-state index in [1.807, 2.05) is 30.3 Å². The Labute approximate surface area is 160 Å². The minimum atomic E-state index is -0.238. The molecule has 0 aromatic heterocycles. The summed E-state index contributed by atoms with van der Waals surface area (Å²) in [5.74, 6) is 0.237. The Morgan fingerprint density at radius 1 is 1.20 bits per heavy atom. The average Bonchev–Trinajstić information content (AvgIpc) is 2.62. The zero-order valence-electron chi connectivity index (χ0n) is 13.5. The molecule has 2 aromatic rings. The van der Waals surface area contributed by atoms with E-state index in [0.717, 1.165) is 42.2 Å². The minimum Gasteiger partial charge on any atom is -0.482 e. The highest BCUT2D eigenvalue weighted by Gasteiger charge is 2.11. The van der Waals surface area contributed by atoms with Gasteiger partial charge in [0.05, 0.1) is 18.2 Å². The summed E-state index contributed by atoms with van der Waals surface area (Å²) in [5, 5.41) is 3.27. The predicted octanol–water partition coefficient (Wildman–Crippen LogP) is 3.96. The fourth-order valence-corrected chi connectivity index (χ4v) is 3.24. The van der Waals surface area contributed by atoms with Gasteiger partial charge in [0, 0.05) is 28.9 Å². The second kappa shape index (κ2) is 8.56. The van der Waals surface area contributed by atoms with E-state index in [-0.39, 0.29) is 12.5 Å². The molecule has 0 atom stereocenters. The topological polar surface area (TPSA) is 50.8 Å². The summed E-state index contributed by atoms with van der Waals surface area (Å²) >= 11 is 9.39. The molecule has 0 radical (unpaired) electrons. The van der Waals surface area contributed by atoms with E-state index in [2.05, 4.69) is 26.1 Å². The number of carbonyl (C=O) groups excluding carboxylic acids is 1. The van der Waals surface area contributed by atoms with E-state index in [0.29, 0.717) is 10.8 Å². The first kappa shape index (κ1) is 18.0. The largest absolute Gasteiger partial charge is 0.482 e. The van der Waals surface area contributed by atoms with Gasteiger partial charge in [-0.05, 0) is 42.5 Å². The summed E-state index contributed by atoms with van der Waals surface area (Å²) in [6.45, 7) is 3.15. The van der Waals surface area contributed by atoms with E-state index < -0.39 is 0 Å². The van der Waals surface area contributed by atoms with E-state index >= 15 is 0 Å².